The van der Waals surface area contributed by atoms with Crippen molar-refractivity contribution in [1.29, 1.82) is 0 Å². The first-order valence-corrected chi connectivity index (χ1v) is 52.9. The van der Waals surface area contributed by atoms with Crippen LogP contribution in [0.1, 0.15) is 0 Å². The molecule has 0 saturated carbocycles. The molecule has 0 aliphatic heterocycles. The van der Waals surface area contributed by atoms with Crippen molar-refractivity contribution in [2.45, 2.75) is 0 Å². The highest BCUT2D eigenvalue weighted by molar-refractivity contribution is 7.25. The van der Waals surface area contributed by atoms with Gasteiger partial charge in [-0.25, -0.2) is 29.9 Å². The third-order valence-electron chi connectivity index (χ3n) is 28.3. The second-order valence-electron chi connectivity index (χ2n) is 37.5. The first-order chi connectivity index (χ1) is 74.3. The summed E-state index contributed by atoms with van der Waals surface area (Å²) in [7, 11) is 0. The molecule has 29 aromatic rings. The third-order valence-corrected chi connectivity index (χ3v) is 31.7. The highest BCUT2D eigenvalue weighted by atomic mass is 32.1. The molecule has 0 amide bonds. The van der Waals surface area contributed by atoms with Crippen molar-refractivity contribution >= 4 is 112 Å². The first kappa shape index (κ1) is 89.7. The molecule has 0 radical (unpaired) electrons. The second-order valence-corrected chi connectivity index (χ2v) is 40.6. The summed E-state index contributed by atoms with van der Waals surface area (Å²) in [4.78, 5) is 34.7. The number of aromatic nitrogens is 9. The Hall–Kier alpha value is -19.1. The lowest BCUT2D eigenvalue weighted by Gasteiger charge is -2.12. The van der Waals surface area contributed by atoms with Gasteiger partial charge in [-0.15, -0.1) is 34.0 Å². The number of fused-ring (bicyclic) bond motifs is 15. The van der Waals surface area contributed by atoms with Crippen LogP contribution >= 0.6 is 34.0 Å². The van der Waals surface area contributed by atoms with Crippen molar-refractivity contribution < 1.29 is 0 Å². The lowest BCUT2D eigenvalue weighted by molar-refractivity contribution is 1.18. The second kappa shape index (κ2) is 39.1. The van der Waals surface area contributed by atoms with Gasteiger partial charge in [0.05, 0.1) is 81.4 Å². The predicted molar refractivity (Wildman–Crippen MR) is 630 cm³/mol. The summed E-state index contributed by atoms with van der Waals surface area (Å²) in [6.45, 7) is 0. The Kier molecular flexibility index (Phi) is 23.4. The van der Waals surface area contributed by atoms with Gasteiger partial charge in [0.1, 0.15) is 14.5 Å². The largest absolute Gasteiger partial charge is 0.299 e. The van der Waals surface area contributed by atoms with Gasteiger partial charge in [0.25, 0.3) is 0 Å². The summed E-state index contributed by atoms with van der Waals surface area (Å²) in [6, 6.07) is 191. The van der Waals surface area contributed by atoms with Crippen LogP contribution in [0.15, 0.2) is 540 Å². The molecule has 0 aliphatic rings. The average Bonchev–Trinajstić information content (AvgIpc) is 1.57. The van der Waals surface area contributed by atoms with Gasteiger partial charge in [0, 0.05) is 82.9 Å². The monoisotopic (exact) mass is 1970 g/mol. The molecule has 0 spiro atoms. The molecule has 704 valence electrons. The molecule has 0 saturated heterocycles. The Bertz CT molecular complexity index is 9860. The highest BCUT2D eigenvalue weighted by Crippen LogP contribution is 2.49. The minimum atomic E-state index is 0.696. The van der Waals surface area contributed by atoms with E-state index >= 15 is 0 Å². The Morgan fingerprint density at radius 3 is 0.640 bits per heavy atom. The van der Waals surface area contributed by atoms with Crippen molar-refractivity contribution in [1.82, 2.24) is 43.1 Å². The van der Waals surface area contributed by atoms with Crippen molar-refractivity contribution in [2.75, 3.05) is 0 Å². The maximum Gasteiger partial charge on any atom is 0.160 e. The van der Waals surface area contributed by atoms with Gasteiger partial charge in [0.2, 0.25) is 0 Å². The van der Waals surface area contributed by atoms with Gasteiger partial charge in [-0.05, 0) is 175 Å². The maximum atomic E-state index is 5.28. The summed E-state index contributed by atoms with van der Waals surface area (Å²) >= 11 is 5.56. The number of nitrogens with zero attached hydrogens (tertiary/aromatic N) is 9. The van der Waals surface area contributed by atoms with E-state index in [1.165, 1.54) is 133 Å². The van der Waals surface area contributed by atoms with E-state index in [1.807, 2.05) is 82.5 Å². The molecule has 9 aromatic heterocycles. The normalized spacial score (nSPS) is 11.5. The minimum absolute atomic E-state index is 0.696. The molecule has 0 aliphatic carbocycles. The van der Waals surface area contributed by atoms with Crippen LogP contribution in [-0.4, -0.2) is 43.1 Å². The molecule has 9 nitrogen and oxygen atoms in total. The molecule has 0 atom stereocenters. The summed E-state index contributed by atoms with van der Waals surface area (Å²) < 4.78 is 11.1. The number of hydrogen-bond acceptors (Lipinski definition) is 9. The number of rotatable bonds is 17. The van der Waals surface area contributed by atoms with Crippen LogP contribution in [0.25, 0.3) is 269 Å². The van der Waals surface area contributed by atoms with E-state index in [0.29, 0.717) is 11.6 Å². The van der Waals surface area contributed by atoms with E-state index in [4.69, 9.17) is 29.9 Å². The Morgan fingerprint density at radius 1 is 0.127 bits per heavy atom. The van der Waals surface area contributed by atoms with Crippen LogP contribution in [0, 0.1) is 0 Å². The molecule has 0 N–H and O–H groups in total. The molecule has 150 heavy (non-hydrogen) atoms. The summed E-state index contributed by atoms with van der Waals surface area (Å²) in [5.74, 6) is 2.12. The zero-order chi connectivity index (χ0) is 99.3. The smallest absolute Gasteiger partial charge is 0.160 e. The van der Waals surface area contributed by atoms with Crippen molar-refractivity contribution in [2.24, 2.45) is 0 Å². The van der Waals surface area contributed by atoms with E-state index in [1.54, 1.807) is 0 Å². The minimum Gasteiger partial charge on any atom is -0.299 e. The van der Waals surface area contributed by atoms with E-state index < -0.39 is 0 Å². The van der Waals surface area contributed by atoms with Gasteiger partial charge in [-0.1, -0.05) is 437 Å². The molecule has 20 aromatic carbocycles. The van der Waals surface area contributed by atoms with E-state index in [9.17, 15) is 0 Å². The van der Waals surface area contributed by atoms with Crippen LogP contribution in [0.4, 0.5) is 0 Å². The fraction of sp³-hybridized carbons (Fsp3) is 0. The van der Waals surface area contributed by atoms with Gasteiger partial charge in [0.15, 0.2) is 17.5 Å². The standard InChI is InChI=1S/2C48H31N3S.C42H27N3S/c1-3-14-32(15-4-1)34-18-11-20-36(28-34)41-31-42(50-47(49-41)39-23-12-19-35(29-39)33-16-5-2-6-17-33)37-21-13-22-38(30-37)46-40-24-7-8-25-43(40)51-44-26-9-10-27-45(44)52-48(46)51;1-3-13-32(14-4-1)36-17-11-19-38(29-36)42-31-41(49-47(50-42)39-20-12-18-37(30-39)33-15-5-2-6-16-33)34-25-27-35(28-26-34)46-40-21-7-8-22-43(40)51-44-23-9-10-24-45(44)52-48(46)51;1-3-11-30(12-4-1)35-27-36(44-41(43-35)33-13-5-2-6-14-33)31-23-19-28(20-24-31)29-21-25-32(26-22-29)40-34-15-7-8-16-37(34)45-38-17-9-10-18-39(38)46-42(40)45/h2*1-31H;1-27H. The molecule has 29 rings (SSSR count). The highest BCUT2D eigenvalue weighted by Gasteiger charge is 2.26. The number of thiazole rings is 3. The molecule has 9 heterocycles. The molecule has 0 unspecified atom stereocenters. The quantitative estimate of drug-likeness (QED) is 0.0902. The van der Waals surface area contributed by atoms with Crippen molar-refractivity contribution in [3.63, 3.8) is 0 Å². The summed E-state index contributed by atoms with van der Waals surface area (Å²) in [5.41, 5.74) is 41.1. The maximum absolute atomic E-state index is 5.28. The Labute approximate surface area is 878 Å². The third kappa shape index (κ3) is 17.1. The van der Waals surface area contributed by atoms with Crippen LogP contribution in [0.5, 0.6) is 0 Å². The molecular weight excluding hydrogens is 1880 g/mol. The Balaban J connectivity index is 0.000000111. The van der Waals surface area contributed by atoms with Gasteiger partial charge >= 0.3 is 0 Å². The lowest BCUT2D eigenvalue weighted by atomic mass is 9.98. The number of hydrogen-bond donors (Lipinski definition) is 0. The fourth-order valence-electron chi connectivity index (χ4n) is 21.0. The SMILES string of the molecule is c1ccc(-c2cc(-c3ccc(-c4ccc(-c5c6ccccc6n6c5sc5ccccc56)cc4)cc3)nc(-c3ccccc3)n2)cc1.c1ccc(-c2cccc(-c3cc(-c4ccc(-c5c6ccccc6n6c5sc5ccccc56)cc4)nc(-c4cccc(-c5ccccc5)c4)n3)c2)cc1.c1ccc(-c2cccc(-c3cc(-c4cccc(-c5c6ccccc6n6c5sc5ccccc56)c4)nc(-c4cccc(-c5ccccc5)c4)n3)c2)cc1. The topological polar surface area (TPSA) is 90.6 Å². The Morgan fingerprint density at radius 2 is 0.320 bits per heavy atom. The zero-order valence-electron chi connectivity index (χ0n) is 81.1. The van der Waals surface area contributed by atoms with E-state index in [0.717, 1.165) is 123 Å². The average molecular weight is 1970 g/mol. The van der Waals surface area contributed by atoms with Crippen molar-refractivity contribution in [3.8, 4) is 191 Å². The summed E-state index contributed by atoms with van der Waals surface area (Å²) in [5, 5.41) is 3.79. The van der Waals surface area contributed by atoms with Gasteiger partial charge < -0.3 is 0 Å². The fourth-order valence-corrected chi connectivity index (χ4v) is 24.7. The summed E-state index contributed by atoms with van der Waals surface area (Å²) in [6.07, 6.45) is 0. The lowest BCUT2D eigenvalue weighted by Crippen LogP contribution is -1.96. The predicted octanol–water partition coefficient (Wildman–Crippen LogP) is 37.6. The van der Waals surface area contributed by atoms with E-state index in [2.05, 4.69) is 505 Å². The van der Waals surface area contributed by atoms with Gasteiger partial charge in [-0.3, -0.25) is 13.2 Å². The van der Waals surface area contributed by atoms with Crippen LogP contribution < -0.4 is 0 Å². The van der Waals surface area contributed by atoms with Crippen LogP contribution in [-0.2, 0) is 0 Å². The first-order valence-electron chi connectivity index (χ1n) is 50.4. The number of para-hydroxylation sites is 6. The van der Waals surface area contributed by atoms with Gasteiger partial charge in [-0.2, -0.15) is 0 Å². The molecular formula is C138H89N9S3. The van der Waals surface area contributed by atoms with Crippen molar-refractivity contribution in [3.05, 3.63) is 540 Å². The van der Waals surface area contributed by atoms with Crippen LogP contribution in [0.2, 0.25) is 0 Å². The molecule has 0 fully saturated rings. The molecule has 12 heteroatoms. The van der Waals surface area contributed by atoms with E-state index in [-0.39, 0.29) is 0 Å². The number of benzene rings is 20. The zero-order valence-corrected chi connectivity index (χ0v) is 83.6. The molecule has 0 bridgehead atoms. The van der Waals surface area contributed by atoms with Crippen LogP contribution in [0.3, 0.4) is 0 Å².